The van der Waals surface area contributed by atoms with Crippen molar-refractivity contribution >= 4 is 29.6 Å². The maximum atomic E-state index is 13.1. The van der Waals surface area contributed by atoms with Gasteiger partial charge in [-0.3, -0.25) is 14.9 Å². The molecule has 13 nitrogen and oxygen atoms in total. The van der Waals surface area contributed by atoms with E-state index in [4.69, 9.17) is 9.47 Å². The van der Waals surface area contributed by atoms with Crippen LogP contribution in [-0.2, 0) is 11.3 Å². The van der Waals surface area contributed by atoms with E-state index in [1.807, 2.05) is 0 Å². The lowest BCUT2D eigenvalue weighted by atomic mass is 9.99. The first-order valence-corrected chi connectivity index (χ1v) is 11.3. The van der Waals surface area contributed by atoms with Crippen molar-refractivity contribution < 1.29 is 29.0 Å². The summed E-state index contributed by atoms with van der Waals surface area (Å²) in [6.07, 6.45) is 1.37. The number of imide groups is 1. The number of hydrogen-bond acceptors (Lipinski definition) is 10. The van der Waals surface area contributed by atoms with E-state index in [9.17, 15) is 19.5 Å². The minimum absolute atomic E-state index is 0.101. The Hall–Kier alpha value is -5.38. The first-order chi connectivity index (χ1) is 18.3. The molecule has 0 unspecified atom stereocenters. The van der Waals surface area contributed by atoms with Gasteiger partial charge in [-0.1, -0.05) is 12.0 Å². The zero-order chi connectivity index (χ0) is 26.9. The van der Waals surface area contributed by atoms with Crippen molar-refractivity contribution in [3.63, 3.8) is 0 Å². The summed E-state index contributed by atoms with van der Waals surface area (Å²) in [5.41, 5.74) is -0.372. The molecule has 0 spiro atoms. The quantitative estimate of drug-likeness (QED) is 0.274. The molecule has 2 aromatic heterocycles. The van der Waals surface area contributed by atoms with E-state index in [1.54, 1.807) is 30.3 Å². The summed E-state index contributed by atoms with van der Waals surface area (Å²) in [6, 6.07) is 8.93. The van der Waals surface area contributed by atoms with Gasteiger partial charge in [0, 0.05) is 24.4 Å². The van der Waals surface area contributed by atoms with Crippen LogP contribution < -0.4 is 25.4 Å². The Morgan fingerprint density at radius 1 is 1.13 bits per heavy atom. The van der Waals surface area contributed by atoms with Crippen LogP contribution in [0.25, 0.3) is 0 Å². The van der Waals surface area contributed by atoms with E-state index < -0.39 is 17.5 Å². The molecule has 0 radical (unpaired) electrons. The Balaban J connectivity index is 1.46. The Morgan fingerprint density at radius 2 is 1.97 bits per heavy atom. The maximum Gasteiger partial charge on any atom is 0.323 e. The van der Waals surface area contributed by atoms with E-state index in [-0.39, 0.29) is 42.3 Å². The second-order valence-corrected chi connectivity index (χ2v) is 8.36. The molecule has 1 fully saturated rings. The second kappa shape index (κ2) is 9.58. The van der Waals surface area contributed by atoms with Crippen LogP contribution >= 0.6 is 0 Å². The molecule has 0 bridgehead atoms. The van der Waals surface area contributed by atoms with Gasteiger partial charge in [0.1, 0.15) is 11.6 Å². The topological polar surface area (TPSA) is 168 Å². The number of urea groups is 1. The number of fused-ring (bicyclic) bond motifs is 1. The largest absolute Gasteiger partial charge is 0.497 e. The van der Waals surface area contributed by atoms with Gasteiger partial charge in [-0.15, -0.1) is 0 Å². The highest BCUT2D eigenvalue weighted by Crippen LogP contribution is 2.29. The summed E-state index contributed by atoms with van der Waals surface area (Å²) in [5.74, 6) is 5.60. The number of carbonyl (C=O) groups excluding carboxylic acids is 3. The summed E-state index contributed by atoms with van der Waals surface area (Å²) < 4.78 is 10.6. The van der Waals surface area contributed by atoms with Crippen LogP contribution in [-0.4, -0.2) is 69.1 Å². The third-order valence-electron chi connectivity index (χ3n) is 5.92. The van der Waals surface area contributed by atoms with Gasteiger partial charge in [0.05, 0.1) is 20.8 Å². The lowest BCUT2D eigenvalue weighted by Crippen LogP contribution is -2.54. The number of pyridine rings is 1. The van der Waals surface area contributed by atoms with Gasteiger partial charge >= 0.3 is 6.03 Å². The third-order valence-corrected chi connectivity index (χ3v) is 5.92. The minimum Gasteiger partial charge on any atom is -0.497 e. The lowest BCUT2D eigenvalue weighted by Gasteiger charge is -2.26. The highest BCUT2D eigenvalue weighted by molar-refractivity contribution is 6.10. The molecular weight excluding hydrogens is 494 g/mol. The minimum atomic E-state index is -1.73. The zero-order valence-electron chi connectivity index (χ0n) is 20.2. The fourth-order valence-electron chi connectivity index (χ4n) is 4.07. The number of rotatable bonds is 6. The van der Waals surface area contributed by atoms with Crippen LogP contribution in [0.1, 0.15) is 21.6 Å². The highest BCUT2D eigenvalue weighted by Gasteiger charge is 2.48. The van der Waals surface area contributed by atoms with E-state index in [0.717, 1.165) is 5.56 Å². The summed E-state index contributed by atoms with van der Waals surface area (Å²) in [5, 5.41) is 17.2. The SMILES string of the molecule is COc1ccc2c(c1)C(=O)N(C[C@@]1(C#Cc3nc(Nc4nccc(O)n4)ccc3OC)NC(=O)NC1=O)C2. The second-order valence-electron chi connectivity index (χ2n) is 8.36. The number of amides is 4. The fraction of sp³-hybridized carbons (Fsp3) is 0.200. The molecule has 1 saturated heterocycles. The number of methoxy groups -OCH3 is 2. The van der Waals surface area contributed by atoms with Crippen LogP contribution in [0.15, 0.2) is 42.6 Å². The first-order valence-electron chi connectivity index (χ1n) is 11.3. The maximum absolute atomic E-state index is 13.1. The normalized spacial score (nSPS) is 17.7. The van der Waals surface area contributed by atoms with Gasteiger partial charge in [-0.2, -0.15) is 4.98 Å². The van der Waals surface area contributed by atoms with Crippen molar-refractivity contribution in [3.8, 4) is 29.2 Å². The third kappa shape index (κ3) is 4.58. The van der Waals surface area contributed by atoms with E-state index in [0.29, 0.717) is 17.1 Å². The standard InChI is InChI=1S/C25H21N7O6/c1-37-15-4-3-14-12-32(21(34)16(14)11-15)13-25(22(35)30-24(36)31-25)9-7-17-18(38-2)5-6-19(27-17)28-23-26-10-8-20(33)29-23/h3-6,8,10-11H,12-13H2,1-2H3,(H2,30,31,35,36)(H2,26,27,28,29,33)/t25-/m1/s1. The number of anilines is 2. The van der Waals surface area contributed by atoms with Gasteiger partial charge in [-0.25, -0.2) is 14.8 Å². The van der Waals surface area contributed by atoms with Crippen LogP contribution in [0, 0.1) is 11.8 Å². The van der Waals surface area contributed by atoms with Gasteiger partial charge in [0.25, 0.3) is 11.8 Å². The molecule has 5 rings (SSSR count). The van der Waals surface area contributed by atoms with E-state index in [1.165, 1.54) is 31.4 Å². The van der Waals surface area contributed by atoms with Crippen LogP contribution in [0.2, 0.25) is 0 Å². The van der Waals surface area contributed by atoms with Gasteiger partial charge in [0.15, 0.2) is 11.4 Å². The molecule has 13 heteroatoms. The Kier molecular flexibility index (Phi) is 6.13. The molecule has 4 amide bonds. The Morgan fingerprint density at radius 3 is 2.68 bits per heavy atom. The molecule has 4 heterocycles. The molecule has 0 saturated carbocycles. The fourth-order valence-corrected chi connectivity index (χ4v) is 4.07. The molecule has 192 valence electrons. The smallest absolute Gasteiger partial charge is 0.323 e. The number of nitrogens with one attached hydrogen (secondary N) is 3. The summed E-state index contributed by atoms with van der Waals surface area (Å²) in [4.78, 5) is 51.9. The average molecular weight is 515 g/mol. The van der Waals surface area contributed by atoms with Crippen molar-refractivity contribution in [2.75, 3.05) is 26.1 Å². The zero-order valence-corrected chi connectivity index (χ0v) is 20.2. The molecule has 0 aliphatic carbocycles. The lowest BCUT2D eigenvalue weighted by molar-refractivity contribution is -0.122. The predicted octanol–water partition coefficient (Wildman–Crippen LogP) is 0.924. The van der Waals surface area contributed by atoms with Crippen LogP contribution in [0.3, 0.4) is 0 Å². The molecule has 3 aromatic rings. The molecule has 38 heavy (non-hydrogen) atoms. The number of aromatic hydroxyl groups is 1. The number of aromatic nitrogens is 3. The van der Waals surface area contributed by atoms with E-state index in [2.05, 4.69) is 42.7 Å². The van der Waals surface area contributed by atoms with Crippen molar-refractivity contribution in [2.45, 2.75) is 12.1 Å². The number of carbonyl (C=O) groups is 3. The molecule has 1 aromatic carbocycles. The molecule has 2 aliphatic heterocycles. The number of ether oxygens (including phenoxy) is 2. The Bertz CT molecular complexity index is 1530. The molecule has 2 aliphatic rings. The highest BCUT2D eigenvalue weighted by atomic mass is 16.5. The molecular formula is C25H21N7O6. The van der Waals surface area contributed by atoms with Crippen molar-refractivity contribution in [1.82, 2.24) is 30.5 Å². The van der Waals surface area contributed by atoms with Crippen molar-refractivity contribution in [1.29, 1.82) is 0 Å². The monoisotopic (exact) mass is 515 g/mol. The van der Waals surface area contributed by atoms with E-state index >= 15 is 0 Å². The summed E-state index contributed by atoms with van der Waals surface area (Å²) in [6.45, 7) is 0.0282. The van der Waals surface area contributed by atoms with Crippen LogP contribution in [0.4, 0.5) is 16.6 Å². The molecule has 4 N–H and O–H groups in total. The first kappa shape index (κ1) is 24.3. The number of benzene rings is 1. The predicted molar refractivity (Wildman–Crippen MR) is 132 cm³/mol. The molecule has 1 atom stereocenters. The summed E-state index contributed by atoms with van der Waals surface area (Å²) >= 11 is 0. The van der Waals surface area contributed by atoms with Crippen LogP contribution in [0.5, 0.6) is 17.4 Å². The van der Waals surface area contributed by atoms with Crippen molar-refractivity contribution in [2.24, 2.45) is 0 Å². The van der Waals surface area contributed by atoms with Gasteiger partial charge in [0.2, 0.25) is 17.4 Å². The number of hydrogen-bond donors (Lipinski definition) is 4. The van der Waals surface area contributed by atoms with Gasteiger partial charge in [-0.05, 0) is 35.7 Å². The Labute approximate surface area is 216 Å². The number of nitrogens with zero attached hydrogens (tertiary/aromatic N) is 4. The van der Waals surface area contributed by atoms with Crippen molar-refractivity contribution in [3.05, 3.63) is 59.4 Å². The summed E-state index contributed by atoms with van der Waals surface area (Å²) in [7, 11) is 2.94. The average Bonchev–Trinajstić information content (AvgIpc) is 3.36. The van der Waals surface area contributed by atoms with Gasteiger partial charge < -0.3 is 30.1 Å².